The van der Waals surface area contributed by atoms with Crippen molar-refractivity contribution in [1.29, 1.82) is 5.26 Å². The van der Waals surface area contributed by atoms with Crippen LogP contribution in [0.2, 0.25) is 0 Å². The van der Waals surface area contributed by atoms with Gasteiger partial charge in [0.25, 0.3) is 5.91 Å². The summed E-state index contributed by atoms with van der Waals surface area (Å²) in [5.41, 5.74) is 1.02. The SMILES string of the molecule is COc1cc(C=C(C#N)C(=O)Nc2cccc(Br)c2)ccc1OCc1ccc(C(=O)O)o1. The molecule has 1 amide bonds. The topological polar surface area (TPSA) is 122 Å². The van der Waals surface area contributed by atoms with Crippen LogP contribution in [0.1, 0.15) is 21.9 Å². The lowest BCUT2D eigenvalue weighted by Gasteiger charge is -2.11. The molecule has 0 aliphatic rings. The molecular weight excluding hydrogens is 480 g/mol. The van der Waals surface area contributed by atoms with Gasteiger partial charge in [-0.15, -0.1) is 0 Å². The van der Waals surface area contributed by atoms with E-state index >= 15 is 0 Å². The number of hydrogen-bond donors (Lipinski definition) is 2. The first-order valence-electron chi connectivity index (χ1n) is 9.21. The highest BCUT2D eigenvalue weighted by Gasteiger charge is 2.13. The van der Waals surface area contributed by atoms with Crippen molar-refractivity contribution in [1.82, 2.24) is 0 Å². The molecule has 8 nitrogen and oxygen atoms in total. The van der Waals surface area contributed by atoms with Crippen molar-refractivity contribution in [2.45, 2.75) is 6.61 Å². The van der Waals surface area contributed by atoms with Crippen molar-refractivity contribution >= 4 is 39.6 Å². The summed E-state index contributed by atoms with van der Waals surface area (Å²) in [5, 5.41) is 21.0. The Morgan fingerprint density at radius 3 is 2.66 bits per heavy atom. The summed E-state index contributed by atoms with van der Waals surface area (Å²) in [5.74, 6) is -0.798. The Balaban J connectivity index is 1.74. The molecule has 9 heteroatoms. The predicted molar refractivity (Wildman–Crippen MR) is 119 cm³/mol. The third kappa shape index (κ3) is 5.77. The van der Waals surface area contributed by atoms with Crippen LogP contribution in [0.3, 0.4) is 0 Å². The summed E-state index contributed by atoms with van der Waals surface area (Å²) in [4.78, 5) is 23.4. The number of furan rings is 1. The number of carbonyl (C=O) groups excluding carboxylic acids is 1. The van der Waals surface area contributed by atoms with E-state index in [4.69, 9.17) is 19.0 Å². The zero-order chi connectivity index (χ0) is 23.1. The highest BCUT2D eigenvalue weighted by molar-refractivity contribution is 9.10. The molecule has 3 aromatic rings. The van der Waals surface area contributed by atoms with Crippen molar-refractivity contribution in [3.63, 3.8) is 0 Å². The number of halogens is 1. The van der Waals surface area contributed by atoms with Crippen molar-refractivity contribution in [3.8, 4) is 17.6 Å². The quantitative estimate of drug-likeness (QED) is 0.336. The van der Waals surface area contributed by atoms with Crippen molar-refractivity contribution < 1.29 is 28.6 Å². The number of aromatic carboxylic acids is 1. The maximum absolute atomic E-state index is 12.5. The minimum atomic E-state index is -1.16. The van der Waals surface area contributed by atoms with E-state index in [9.17, 15) is 14.9 Å². The van der Waals surface area contributed by atoms with E-state index < -0.39 is 11.9 Å². The number of carboxylic acids is 1. The largest absolute Gasteiger partial charge is 0.493 e. The van der Waals surface area contributed by atoms with E-state index in [-0.39, 0.29) is 17.9 Å². The van der Waals surface area contributed by atoms with Gasteiger partial charge in [0.2, 0.25) is 5.76 Å². The number of hydrogen-bond acceptors (Lipinski definition) is 6. The second-order valence-electron chi connectivity index (χ2n) is 6.40. The highest BCUT2D eigenvalue weighted by atomic mass is 79.9. The van der Waals surface area contributed by atoms with Crippen LogP contribution in [0.25, 0.3) is 6.08 Å². The minimum absolute atomic E-state index is 0.00267. The Bertz CT molecular complexity index is 1230. The Hall–Kier alpha value is -4.03. The van der Waals surface area contributed by atoms with Gasteiger partial charge in [0.05, 0.1) is 7.11 Å². The van der Waals surface area contributed by atoms with Crippen LogP contribution >= 0.6 is 15.9 Å². The number of anilines is 1. The molecular formula is C23H17BrN2O6. The zero-order valence-electron chi connectivity index (χ0n) is 16.8. The molecule has 0 saturated heterocycles. The van der Waals surface area contributed by atoms with Gasteiger partial charge in [0, 0.05) is 10.2 Å². The molecule has 3 rings (SSSR count). The lowest BCUT2D eigenvalue weighted by atomic mass is 10.1. The van der Waals surface area contributed by atoms with E-state index in [0.717, 1.165) is 4.47 Å². The maximum atomic E-state index is 12.5. The van der Waals surface area contributed by atoms with E-state index in [1.54, 1.807) is 36.4 Å². The molecule has 0 aliphatic carbocycles. The van der Waals surface area contributed by atoms with Gasteiger partial charge in [-0.05, 0) is 54.1 Å². The average Bonchev–Trinajstić information content (AvgIpc) is 3.25. The first-order chi connectivity index (χ1) is 15.4. The van der Waals surface area contributed by atoms with E-state index in [2.05, 4.69) is 21.2 Å². The summed E-state index contributed by atoms with van der Waals surface area (Å²) >= 11 is 3.33. The number of carboxylic acid groups (broad SMARTS) is 1. The van der Waals surface area contributed by atoms with Gasteiger partial charge in [-0.2, -0.15) is 5.26 Å². The molecule has 32 heavy (non-hydrogen) atoms. The fourth-order valence-corrected chi connectivity index (χ4v) is 3.09. The molecule has 0 fully saturated rings. The first-order valence-corrected chi connectivity index (χ1v) is 10.0. The molecule has 0 saturated carbocycles. The number of carbonyl (C=O) groups is 2. The number of rotatable bonds is 8. The molecule has 1 aromatic heterocycles. The number of nitrogens with one attached hydrogen (secondary N) is 1. The molecule has 0 radical (unpaired) electrons. The van der Waals surface area contributed by atoms with Crippen LogP contribution in [0.15, 0.2) is 69.1 Å². The van der Waals surface area contributed by atoms with Gasteiger partial charge >= 0.3 is 5.97 Å². The van der Waals surface area contributed by atoms with Crippen LogP contribution in [-0.4, -0.2) is 24.1 Å². The van der Waals surface area contributed by atoms with Crippen LogP contribution in [0.4, 0.5) is 5.69 Å². The number of ether oxygens (including phenoxy) is 2. The highest BCUT2D eigenvalue weighted by Crippen LogP contribution is 2.30. The molecule has 1 heterocycles. The smallest absolute Gasteiger partial charge is 0.371 e. The maximum Gasteiger partial charge on any atom is 0.371 e. The normalized spacial score (nSPS) is 10.8. The second-order valence-corrected chi connectivity index (χ2v) is 7.32. The summed E-state index contributed by atoms with van der Waals surface area (Å²) in [6.07, 6.45) is 1.44. The molecule has 0 aliphatic heterocycles. The van der Waals surface area contributed by atoms with E-state index in [1.807, 2.05) is 12.1 Å². The fourth-order valence-electron chi connectivity index (χ4n) is 2.69. The van der Waals surface area contributed by atoms with Gasteiger partial charge < -0.3 is 24.3 Å². The van der Waals surface area contributed by atoms with Gasteiger partial charge in [0.1, 0.15) is 24.0 Å². The number of methoxy groups -OCH3 is 1. The molecule has 0 unspecified atom stereocenters. The third-order valence-electron chi connectivity index (χ3n) is 4.19. The van der Waals surface area contributed by atoms with Crippen molar-refractivity contribution in [2.24, 2.45) is 0 Å². The summed E-state index contributed by atoms with van der Waals surface area (Å²) < 4.78 is 16.9. The van der Waals surface area contributed by atoms with Gasteiger partial charge in [-0.25, -0.2) is 4.79 Å². The number of amides is 1. The van der Waals surface area contributed by atoms with Crippen LogP contribution in [0.5, 0.6) is 11.5 Å². The lowest BCUT2D eigenvalue weighted by molar-refractivity contribution is -0.112. The Labute approximate surface area is 191 Å². The fraction of sp³-hybridized carbons (Fsp3) is 0.0870. The van der Waals surface area contributed by atoms with Crippen LogP contribution < -0.4 is 14.8 Å². The van der Waals surface area contributed by atoms with Crippen molar-refractivity contribution in [3.05, 3.63) is 81.7 Å². The molecule has 0 atom stereocenters. The average molecular weight is 497 g/mol. The van der Waals surface area contributed by atoms with Gasteiger partial charge in [-0.1, -0.05) is 28.1 Å². The van der Waals surface area contributed by atoms with Crippen molar-refractivity contribution in [2.75, 3.05) is 12.4 Å². The van der Waals surface area contributed by atoms with E-state index in [1.165, 1.54) is 25.3 Å². The van der Waals surface area contributed by atoms with E-state index in [0.29, 0.717) is 28.5 Å². The predicted octanol–water partition coefficient (Wildman–Crippen LogP) is 4.87. The lowest BCUT2D eigenvalue weighted by Crippen LogP contribution is -2.13. The monoisotopic (exact) mass is 496 g/mol. The summed E-state index contributed by atoms with van der Waals surface area (Å²) in [7, 11) is 1.45. The van der Waals surface area contributed by atoms with Gasteiger partial charge in [-0.3, -0.25) is 4.79 Å². The Morgan fingerprint density at radius 1 is 1.19 bits per heavy atom. The number of nitrogens with zero attached hydrogens (tertiary/aromatic N) is 1. The van der Waals surface area contributed by atoms with Gasteiger partial charge in [0.15, 0.2) is 11.5 Å². The minimum Gasteiger partial charge on any atom is -0.493 e. The molecule has 162 valence electrons. The molecule has 2 aromatic carbocycles. The summed E-state index contributed by atoms with van der Waals surface area (Å²) in [6.45, 7) is -0.00267. The number of nitriles is 1. The molecule has 0 spiro atoms. The zero-order valence-corrected chi connectivity index (χ0v) is 18.4. The third-order valence-corrected chi connectivity index (χ3v) is 4.68. The Morgan fingerprint density at radius 2 is 2.00 bits per heavy atom. The number of benzene rings is 2. The molecule has 0 bridgehead atoms. The standard InChI is InChI=1S/C23H17BrN2O6/c1-30-21-10-14(5-7-19(21)31-13-18-6-8-20(32-18)23(28)29)9-15(12-25)22(27)26-17-4-2-3-16(24)11-17/h2-11H,13H2,1H3,(H,26,27)(H,28,29). The van der Waals surface area contributed by atoms with Crippen LogP contribution in [-0.2, 0) is 11.4 Å². The Kier molecular flexibility index (Phi) is 7.31. The first kappa shape index (κ1) is 22.7. The molecule has 2 N–H and O–H groups in total. The second kappa shape index (κ2) is 10.3. The van der Waals surface area contributed by atoms with Crippen LogP contribution in [0, 0.1) is 11.3 Å². The summed E-state index contributed by atoms with van der Waals surface area (Å²) in [6, 6.07) is 16.7.